The van der Waals surface area contributed by atoms with Gasteiger partial charge >= 0.3 is 0 Å². The molecule has 29 heavy (non-hydrogen) atoms. The number of amides is 3. The summed E-state index contributed by atoms with van der Waals surface area (Å²) in [4.78, 5) is 41.6. The summed E-state index contributed by atoms with van der Waals surface area (Å²) in [5, 5.41) is 0. The second kappa shape index (κ2) is 7.79. The third-order valence-corrected chi connectivity index (χ3v) is 6.11. The summed E-state index contributed by atoms with van der Waals surface area (Å²) < 4.78 is 0. The summed E-state index contributed by atoms with van der Waals surface area (Å²) in [7, 11) is 0. The molecule has 3 amide bonds. The molecule has 0 saturated carbocycles. The summed E-state index contributed by atoms with van der Waals surface area (Å²) in [6, 6.07) is 14.2. The van der Waals surface area contributed by atoms with Gasteiger partial charge in [0.15, 0.2) is 0 Å². The Hall–Kier alpha value is -2.99. The molecule has 1 saturated heterocycles. The highest BCUT2D eigenvalue weighted by Crippen LogP contribution is 2.28. The first-order valence-electron chi connectivity index (χ1n) is 10.0. The standard InChI is InChI=1S/C23H25N3O3/c1-15-9-10-25(14-18(15)12-24)21(27)17-7-8-19-20(11-17)23(29)26(22(19)28)13-16-5-3-2-4-6-16/h2-8,11,15,18H,9-10,12-14,24H2,1H3. The zero-order valence-electron chi connectivity index (χ0n) is 16.5. The quantitative estimate of drug-likeness (QED) is 0.812. The molecular weight excluding hydrogens is 366 g/mol. The van der Waals surface area contributed by atoms with E-state index in [9.17, 15) is 14.4 Å². The number of benzene rings is 2. The lowest BCUT2D eigenvalue weighted by molar-refractivity contribution is 0.0616. The van der Waals surface area contributed by atoms with Gasteiger partial charge in [-0.3, -0.25) is 19.3 Å². The van der Waals surface area contributed by atoms with Gasteiger partial charge in [-0.25, -0.2) is 0 Å². The van der Waals surface area contributed by atoms with Gasteiger partial charge in [0, 0.05) is 18.7 Å². The molecule has 6 heteroatoms. The number of fused-ring (bicyclic) bond motifs is 1. The molecule has 0 aliphatic carbocycles. The van der Waals surface area contributed by atoms with Crippen LogP contribution in [0.2, 0.25) is 0 Å². The smallest absolute Gasteiger partial charge is 0.261 e. The molecule has 0 spiro atoms. The molecule has 2 aliphatic rings. The Kier molecular flexibility index (Phi) is 5.20. The Morgan fingerprint density at radius 3 is 2.52 bits per heavy atom. The number of hydrogen-bond donors (Lipinski definition) is 1. The lowest BCUT2D eigenvalue weighted by Crippen LogP contribution is -2.45. The number of imide groups is 1. The van der Waals surface area contributed by atoms with Crippen LogP contribution in [-0.2, 0) is 6.54 Å². The van der Waals surface area contributed by atoms with Gasteiger partial charge in [-0.2, -0.15) is 0 Å². The number of hydrogen-bond acceptors (Lipinski definition) is 4. The Morgan fingerprint density at radius 2 is 1.79 bits per heavy atom. The molecule has 0 radical (unpaired) electrons. The molecule has 2 atom stereocenters. The minimum Gasteiger partial charge on any atom is -0.338 e. The number of carbonyl (C=O) groups excluding carboxylic acids is 3. The van der Waals surface area contributed by atoms with E-state index >= 15 is 0 Å². The summed E-state index contributed by atoms with van der Waals surface area (Å²) in [5.74, 6) is -0.000117. The molecule has 2 aromatic rings. The van der Waals surface area contributed by atoms with Crippen molar-refractivity contribution in [3.8, 4) is 0 Å². The van der Waals surface area contributed by atoms with Gasteiger partial charge in [-0.15, -0.1) is 0 Å². The van der Waals surface area contributed by atoms with E-state index in [2.05, 4.69) is 6.92 Å². The monoisotopic (exact) mass is 391 g/mol. The van der Waals surface area contributed by atoms with Gasteiger partial charge < -0.3 is 10.6 Å². The number of piperidine rings is 1. The predicted molar refractivity (Wildman–Crippen MR) is 109 cm³/mol. The Morgan fingerprint density at radius 1 is 1.07 bits per heavy atom. The normalized spacial score (nSPS) is 21.4. The highest BCUT2D eigenvalue weighted by atomic mass is 16.2. The third kappa shape index (κ3) is 3.56. The average molecular weight is 391 g/mol. The Labute approximate surface area is 170 Å². The third-order valence-electron chi connectivity index (χ3n) is 6.11. The van der Waals surface area contributed by atoms with E-state index < -0.39 is 0 Å². The van der Waals surface area contributed by atoms with Crippen LogP contribution < -0.4 is 5.73 Å². The van der Waals surface area contributed by atoms with Gasteiger partial charge in [-0.05, 0) is 48.6 Å². The minimum atomic E-state index is -0.351. The molecule has 0 aromatic heterocycles. The molecule has 2 N–H and O–H groups in total. The Bertz CT molecular complexity index is 957. The number of likely N-dealkylation sites (tertiary alicyclic amines) is 1. The van der Waals surface area contributed by atoms with E-state index in [1.54, 1.807) is 18.2 Å². The number of nitrogens with zero attached hydrogens (tertiary/aromatic N) is 2. The van der Waals surface area contributed by atoms with Gasteiger partial charge in [0.1, 0.15) is 0 Å². The van der Waals surface area contributed by atoms with Crippen molar-refractivity contribution in [2.75, 3.05) is 19.6 Å². The van der Waals surface area contributed by atoms with Crippen LogP contribution in [0.3, 0.4) is 0 Å². The van der Waals surface area contributed by atoms with Crippen molar-refractivity contribution < 1.29 is 14.4 Å². The van der Waals surface area contributed by atoms with Crippen molar-refractivity contribution in [1.82, 2.24) is 9.80 Å². The van der Waals surface area contributed by atoms with E-state index in [4.69, 9.17) is 5.73 Å². The topological polar surface area (TPSA) is 83.7 Å². The molecule has 2 unspecified atom stereocenters. The summed E-state index contributed by atoms with van der Waals surface area (Å²) >= 11 is 0. The van der Waals surface area contributed by atoms with Crippen LogP contribution in [0.25, 0.3) is 0 Å². The van der Waals surface area contributed by atoms with Crippen LogP contribution in [0.1, 0.15) is 50.0 Å². The molecule has 2 aromatic carbocycles. The number of rotatable bonds is 4. The molecule has 2 aliphatic heterocycles. The van der Waals surface area contributed by atoms with E-state index in [1.165, 1.54) is 4.90 Å². The SMILES string of the molecule is CC1CCN(C(=O)c2ccc3c(c2)C(=O)N(Cc2ccccc2)C3=O)CC1CN. The first-order chi connectivity index (χ1) is 14.0. The van der Waals surface area contributed by atoms with Crippen LogP contribution in [0, 0.1) is 11.8 Å². The van der Waals surface area contributed by atoms with Crippen molar-refractivity contribution in [2.24, 2.45) is 17.6 Å². The second-order valence-electron chi connectivity index (χ2n) is 7.96. The lowest BCUT2D eigenvalue weighted by atomic mass is 9.87. The second-order valence-corrected chi connectivity index (χ2v) is 7.96. The van der Waals surface area contributed by atoms with Crippen molar-refractivity contribution in [2.45, 2.75) is 19.9 Å². The van der Waals surface area contributed by atoms with E-state index in [0.29, 0.717) is 42.2 Å². The largest absolute Gasteiger partial charge is 0.338 e. The molecule has 2 heterocycles. The fourth-order valence-corrected chi connectivity index (χ4v) is 4.16. The van der Waals surface area contributed by atoms with Gasteiger partial charge in [0.05, 0.1) is 17.7 Å². The van der Waals surface area contributed by atoms with Crippen molar-refractivity contribution in [3.05, 3.63) is 70.8 Å². The highest BCUT2D eigenvalue weighted by molar-refractivity contribution is 6.22. The zero-order valence-corrected chi connectivity index (χ0v) is 16.5. The fourth-order valence-electron chi connectivity index (χ4n) is 4.16. The molecule has 4 rings (SSSR count). The molecule has 0 bridgehead atoms. The van der Waals surface area contributed by atoms with Gasteiger partial charge in [0.2, 0.25) is 0 Å². The first-order valence-corrected chi connectivity index (χ1v) is 10.0. The van der Waals surface area contributed by atoms with Crippen LogP contribution in [-0.4, -0.2) is 47.2 Å². The van der Waals surface area contributed by atoms with Crippen molar-refractivity contribution in [1.29, 1.82) is 0 Å². The van der Waals surface area contributed by atoms with E-state index in [0.717, 1.165) is 12.0 Å². The molecule has 150 valence electrons. The summed E-state index contributed by atoms with van der Waals surface area (Å²) in [6.45, 7) is 4.25. The molecule has 1 fully saturated rings. The van der Waals surface area contributed by atoms with Crippen LogP contribution in [0.4, 0.5) is 0 Å². The van der Waals surface area contributed by atoms with Gasteiger partial charge in [0.25, 0.3) is 17.7 Å². The van der Waals surface area contributed by atoms with Crippen molar-refractivity contribution >= 4 is 17.7 Å². The predicted octanol–water partition coefficient (Wildman–Crippen LogP) is 2.54. The number of carbonyl (C=O) groups is 3. The average Bonchev–Trinajstić information content (AvgIpc) is 2.98. The maximum atomic E-state index is 13.0. The fraction of sp³-hybridized carbons (Fsp3) is 0.348. The highest BCUT2D eigenvalue weighted by Gasteiger charge is 2.36. The van der Waals surface area contributed by atoms with Crippen LogP contribution in [0.15, 0.2) is 48.5 Å². The maximum Gasteiger partial charge on any atom is 0.261 e. The number of nitrogens with two attached hydrogens (primary N) is 1. The molecule has 6 nitrogen and oxygen atoms in total. The van der Waals surface area contributed by atoms with E-state index in [-0.39, 0.29) is 30.2 Å². The molecular formula is C23H25N3O3. The van der Waals surface area contributed by atoms with Crippen molar-refractivity contribution in [3.63, 3.8) is 0 Å². The minimum absolute atomic E-state index is 0.111. The lowest BCUT2D eigenvalue weighted by Gasteiger charge is -2.36. The summed E-state index contributed by atoms with van der Waals surface area (Å²) in [5.41, 5.74) is 7.84. The first kappa shape index (κ1) is 19.3. The van der Waals surface area contributed by atoms with E-state index in [1.807, 2.05) is 35.2 Å². The van der Waals surface area contributed by atoms with Crippen LogP contribution >= 0.6 is 0 Å². The zero-order chi connectivity index (χ0) is 20.5. The Balaban J connectivity index is 1.55. The summed E-state index contributed by atoms with van der Waals surface area (Å²) in [6.07, 6.45) is 0.917. The van der Waals surface area contributed by atoms with Crippen LogP contribution in [0.5, 0.6) is 0 Å². The van der Waals surface area contributed by atoms with Gasteiger partial charge in [-0.1, -0.05) is 37.3 Å². The maximum absolute atomic E-state index is 13.0.